The van der Waals surface area contributed by atoms with Gasteiger partial charge in [0.05, 0.1) is 12.7 Å². The van der Waals surface area contributed by atoms with Crippen molar-refractivity contribution in [3.63, 3.8) is 0 Å². The predicted octanol–water partition coefficient (Wildman–Crippen LogP) is 2.46. The second-order valence-electron chi connectivity index (χ2n) is 3.38. The van der Waals surface area contributed by atoms with Crippen molar-refractivity contribution in [3.05, 3.63) is 35.9 Å². The average molecular weight is 226 g/mol. The van der Waals surface area contributed by atoms with E-state index in [0.717, 1.165) is 0 Å². The van der Waals surface area contributed by atoms with Crippen LogP contribution in [0.25, 0.3) is 0 Å². The molecule has 1 aliphatic heterocycles. The molecule has 1 aliphatic rings. The van der Waals surface area contributed by atoms with E-state index in [-0.39, 0.29) is 12.7 Å². The van der Waals surface area contributed by atoms with Crippen molar-refractivity contribution in [2.24, 2.45) is 0 Å². The van der Waals surface area contributed by atoms with E-state index in [4.69, 9.17) is 9.05 Å². The Labute approximate surface area is 87.7 Å². The van der Waals surface area contributed by atoms with Crippen LogP contribution in [0.5, 0.6) is 0 Å². The minimum Gasteiger partial charge on any atom is -0.300 e. The highest BCUT2D eigenvalue weighted by Gasteiger charge is 2.42. The average Bonchev–Trinajstić information content (AvgIpc) is 2.60. The van der Waals surface area contributed by atoms with Gasteiger partial charge in [-0.1, -0.05) is 30.3 Å². The van der Waals surface area contributed by atoms with Crippen LogP contribution in [0, 0.1) is 0 Å². The fourth-order valence-electron chi connectivity index (χ4n) is 1.35. The Hall–Kier alpha value is -0.960. The molecule has 2 unspecified atom stereocenters. The molecule has 0 radical (unpaired) electrons. The van der Waals surface area contributed by atoms with Crippen molar-refractivity contribution in [1.82, 2.24) is 0 Å². The molecule has 0 spiro atoms. The lowest BCUT2D eigenvalue weighted by atomic mass is 10.2. The number of hydrogen-bond donors (Lipinski definition) is 0. The molecule has 0 aromatic heterocycles. The molecule has 1 aromatic rings. The van der Waals surface area contributed by atoms with Crippen molar-refractivity contribution in [2.45, 2.75) is 13.0 Å². The standard InChI is InChI=1S/C10H11O4P/c1-8-7-13-15(12,14-8)10(11)9-5-3-2-4-6-9/h2-6,8H,7H2,1H3. The van der Waals surface area contributed by atoms with Crippen LogP contribution in [-0.4, -0.2) is 18.2 Å². The van der Waals surface area contributed by atoms with Crippen LogP contribution < -0.4 is 0 Å². The molecule has 1 heterocycles. The highest BCUT2D eigenvalue weighted by atomic mass is 31.2. The summed E-state index contributed by atoms with van der Waals surface area (Å²) in [4.78, 5) is 11.8. The lowest BCUT2D eigenvalue weighted by Gasteiger charge is -2.08. The maximum Gasteiger partial charge on any atom is 0.402 e. The van der Waals surface area contributed by atoms with E-state index in [1.807, 2.05) is 0 Å². The van der Waals surface area contributed by atoms with Crippen molar-refractivity contribution < 1.29 is 18.4 Å². The van der Waals surface area contributed by atoms with Gasteiger partial charge in [0, 0.05) is 5.56 Å². The van der Waals surface area contributed by atoms with Crippen molar-refractivity contribution in [1.29, 1.82) is 0 Å². The molecule has 0 saturated carbocycles. The molecular weight excluding hydrogens is 215 g/mol. The molecule has 4 nitrogen and oxygen atoms in total. The molecule has 2 rings (SSSR count). The van der Waals surface area contributed by atoms with Crippen molar-refractivity contribution in [3.8, 4) is 0 Å². The van der Waals surface area contributed by atoms with Crippen LogP contribution in [0.15, 0.2) is 30.3 Å². The molecule has 1 fully saturated rings. The van der Waals surface area contributed by atoms with Gasteiger partial charge >= 0.3 is 7.60 Å². The van der Waals surface area contributed by atoms with Gasteiger partial charge < -0.3 is 4.52 Å². The largest absolute Gasteiger partial charge is 0.402 e. The van der Waals surface area contributed by atoms with Gasteiger partial charge in [0.1, 0.15) is 0 Å². The zero-order valence-electron chi connectivity index (χ0n) is 8.25. The molecule has 2 atom stereocenters. The number of benzene rings is 1. The maximum absolute atomic E-state index is 11.9. The van der Waals surface area contributed by atoms with Crippen LogP contribution in [0.4, 0.5) is 0 Å². The molecule has 0 N–H and O–H groups in total. The van der Waals surface area contributed by atoms with E-state index in [1.54, 1.807) is 37.3 Å². The summed E-state index contributed by atoms with van der Waals surface area (Å²) in [6, 6.07) is 8.39. The van der Waals surface area contributed by atoms with E-state index < -0.39 is 13.1 Å². The minimum absolute atomic E-state index is 0.204. The van der Waals surface area contributed by atoms with Crippen molar-refractivity contribution >= 4 is 13.1 Å². The molecule has 0 amide bonds. The van der Waals surface area contributed by atoms with Gasteiger partial charge in [-0.3, -0.25) is 13.9 Å². The third-order valence-electron chi connectivity index (χ3n) is 2.07. The van der Waals surface area contributed by atoms with Gasteiger partial charge in [-0.15, -0.1) is 0 Å². The third kappa shape index (κ3) is 2.02. The van der Waals surface area contributed by atoms with E-state index in [0.29, 0.717) is 5.56 Å². The van der Waals surface area contributed by atoms with E-state index in [9.17, 15) is 9.36 Å². The first-order chi connectivity index (χ1) is 7.12. The van der Waals surface area contributed by atoms with Crippen LogP contribution in [0.3, 0.4) is 0 Å². The lowest BCUT2D eigenvalue weighted by molar-refractivity contribution is 0.103. The van der Waals surface area contributed by atoms with Gasteiger partial charge in [-0.25, -0.2) is 0 Å². The Morgan fingerprint density at radius 3 is 2.60 bits per heavy atom. The molecule has 1 aromatic carbocycles. The zero-order valence-corrected chi connectivity index (χ0v) is 9.15. The van der Waals surface area contributed by atoms with Crippen LogP contribution >= 0.6 is 7.60 Å². The first-order valence-corrected chi connectivity index (χ1v) is 6.19. The first kappa shape index (κ1) is 10.6. The summed E-state index contributed by atoms with van der Waals surface area (Å²) in [5, 5.41) is 0. The number of hydrogen-bond acceptors (Lipinski definition) is 4. The summed E-state index contributed by atoms with van der Waals surface area (Å²) >= 11 is 0. The van der Waals surface area contributed by atoms with Gasteiger partial charge in [0.15, 0.2) is 0 Å². The smallest absolute Gasteiger partial charge is 0.300 e. The van der Waals surface area contributed by atoms with Gasteiger partial charge in [-0.05, 0) is 6.92 Å². The normalized spacial score (nSPS) is 30.3. The fraction of sp³-hybridized carbons (Fsp3) is 0.300. The third-order valence-corrected chi connectivity index (χ3v) is 3.95. The Bertz CT molecular complexity index is 415. The second kappa shape index (κ2) is 3.89. The van der Waals surface area contributed by atoms with Gasteiger partial charge in [0.2, 0.25) is 0 Å². The van der Waals surface area contributed by atoms with Gasteiger partial charge in [0.25, 0.3) is 5.52 Å². The van der Waals surface area contributed by atoms with Crippen molar-refractivity contribution in [2.75, 3.05) is 6.61 Å². The van der Waals surface area contributed by atoms with Crippen LogP contribution in [0.2, 0.25) is 0 Å². The topological polar surface area (TPSA) is 52.6 Å². The Morgan fingerprint density at radius 2 is 2.07 bits per heavy atom. The molecule has 15 heavy (non-hydrogen) atoms. The molecule has 0 aliphatic carbocycles. The second-order valence-corrected chi connectivity index (χ2v) is 5.25. The summed E-state index contributed by atoms with van der Waals surface area (Å²) in [7, 11) is -3.58. The molecule has 5 heteroatoms. The Morgan fingerprint density at radius 1 is 1.40 bits per heavy atom. The summed E-state index contributed by atoms with van der Waals surface area (Å²) in [6.07, 6.45) is -0.288. The van der Waals surface area contributed by atoms with E-state index in [2.05, 4.69) is 0 Å². The predicted molar refractivity (Wildman–Crippen MR) is 54.9 cm³/mol. The highest BCUT2D eigenvalue weighted by molar-refractivity contribution is 7.72. The number of carbonyl (C=O) groups is 1. The number of carbonyl (C=O) groups excluding carboxylic acids is 1. The molecule has 80 valence electrons. The van der Waals surface area contributed by atoms with Crippen LogP contribution in [0.1, 0.15) is 17.3 Å². The quantitative estimate of drug-likeness (QED) is 0.727. The fourth-order valence-corrected chi connectivity index (χ4v) is 3.03. The molecule has 1 saturated heterocycles. The zero-order chi connectivity index (χ0) is 10.9. The summed E-state index contributed by atoms with van der Waals surface area (Å²) < 4.78 is 21.9. The summed E-state index contributed by atoms with van der Waals surface area (Å²) in [6.45, 7) is 1.92. The highest BCUT2D eigenvalue weighted by Crippen LogP contribution is 2.56. The van der Waals surface area contributed by atoms with E-state index in [1.165, 1.54) is 0 Å². The van der Waals surface area contributed by atoms with E-state index >= 15 is 0 Å². The molecule has 0 bridgehead atoms. The lowest BCUT2D eigenvalue weighted by Crippen LogP contribution is -2.03. The first-order valence-electron chi connectivity index (χ1n) is 4.65. The Kier molecular flexibility index (Phi) is 2.74. The maximum atomic E-state index is 11.9. The number of rotatable bonds is 2. The summed E-state index contributed by atoms with van der Waals surface area (Å²) in [5.41, 5.74) is -0.206. The van der Waals surface area contributed by atoms with Crippen LogP contribution in [-0.2, 0) is 13.6 Å². The SMILES string of the molecule is CC1COP(=O)(C(=O)c2ccccc2)O1. The van der Waals surface area contributed by atoms with Gasteiger partial charge in [-0.2, -0.15) is 0 Å². The monoisotopic (exact) mass is 226 g/mol. The minimum atomic E-state index is -3.58. The Balaban J connectivity index is 2.26. The summed E-state index contributed by atoms with van der Waals surface area (Å²) in [5.74, 6) is 0. The molecular formula is C10H11O4P.